The van der Waals surface area contributed by atoms with Gasteiger partial charge in [0.15, 0.2) is 12.6 Å². The molecule has 14 heteroatoms. The van der Waals surface area contributed by atoms with Crippen molar-refractivity contribution < 1.29 is 64.6 Å². The second-order valence-corrected chi connectivity index (χ2v) is 30.7. The van der Waals surface area contributed by atoms with Crippen molar-refractivity contribution in [2.45, 2.75) is 492 Å². The van der Waals surface area contributed by atoms with Crippen molar-refractivity contribution in [3.8, 4) is 0 Å². The highest BCUT2D eigenvalue weighted by atomic mass is 16.7. The van der Waals surface area contributed by atoms with Crippen LogP contribution in [0.1, 0.15) is 418 Å². The zero-order chi connectivity index (χ0) is 71.5. The van der Waals surface area contributed by atoms with Crippen LogP contribution in [0.15, 0.2) is 24.3 Å². The van der Waals surface area contributed by atoms with Gasteiger partial charge < -0.3 is 65.1 Å². The number of ether oxygens (including phenoxy) is 4. The number of aliphatic hydroxyl groups excluding tert-OH is 8. The van der Waals surface area contributed by atoms with Crippen LogP contribution in [-0.2, 0) is 23.7 Å². The summed E-state index contributed by atoms with van der Waals surface area (Å²) in [7, 11) is 0. The van der Waals surface area contributed by atoms with Crippen LogP contribution in [0.4, 0.5) is 0 Å². The van der Waals surface area contributed by atoms with E-state index in [2.05, 4.69) is 31.3 Å². The maximum atomic E-state index is 13.4. The van der Waals surface area contributed by atoms with Crippen LogP contribution in [0.25, 0.3) is 0 Å². The Hall–Kier alpha value is -1.53. The van der Waals surface area contributed by atoms with E-state index < -0.39 is 86.8 Å². The van der Waals surface area contributed by atoms with Gasteiger partial charge in [0.05, 0.1) is 32.0 Å². The van der Waals surface area contributed by atoms with Gasteiger partial charge in [0, 0.05) is 6.42 Å². The van der Waals surface area contributed by atoms with Crippen molar-refractivity contribution >= 4 is 5.91 Å². The third kappa shape index (κ3) is 52.2. The third-order valence-electron chi connectivity index (χ3n) is 21.4. The van der Waals surface area contributed by atoms with E-state index in [4.69, 9.17) is 18.9 Å². The molecule has 2 aliphatic rings. The SMILES string of the molecule is CCCCCCCCCC/C=C\CCCCCCCCCCCCCCCCCCCCCCCCCCCC(=O)NC(COC1OC(CO)C(OC2OC(CO)C(O)C(O)C2O)C(O)C1O)C(O)/C=C/CCCCCCCCCCCCCCCCCCCCCCCCCCCC. The van der Waals surface area contributed by atoms with Crippen molar-refractivity contribution in [1.82, 2.24) is 5.32 Å². The second kappa shape index (κ2) is 69.5. The summed E-state index contributed by atoms with van der Waals surface area (Å²) in [5, 5.41) is 87.8. The minimum Gasteiger partial charge on any atom is -0.394 e. The van der Waals surface area contributed by atoms with Crippen LogP contribution >= 0.6 is 0 Å². The molecule has 0 saturated carbocycles. The van der Waals surface area contributed by atoms with Crippen molar-refractivity contribution in [3.05, 3.63) is 24.3 Å². The molecular formula is C85H163NO13. The number of rotatable bonds is 74. The Labute approximate surface area is 609 Å². The summed E-state index contributed by atoms with van der Waals surface area (Å²) in [4.78, 5) is 13.4. The molecule has 12 atom stereocenters. The number of allylic oxidation sites excluding steroid dienone is 3. The molecule has 99 heavy (non-hydrogen) atoms. The molecule has 0 aromatic carbocycles. The molecule has 14 nitrogen and oxygen atoms in total. The van der Waals surface area contributed by atoms with E-state index in [1.54, 1.807) is 6.08 Å². The van der Waals surface area contributed by atoms with Crippen LogP contribution in [0.2, 0.25) is 0 Å². The van der Waals surface area contributed by atoms with Gasteiger partial charge in [-0.25, -0.2) is 0 Å². The number of hydrogen-bond acceptors (Lipinski definition) is 13. The first-order valence-electron chi connectivity index (χ1n) is 43.1. The normalized spacial score (nSPS) is 22.0. The fraction of sp³-hybridized carbons (Fsp3) is 0.941. The Morgan fingerprint density at radius 1 is 0.354 bits per heavy atom. The van der Waals surface area contributed by atoms with E-state index in [1.807, 2.05) is 6.08 Å². The maximum Gasteiger partial charge on any atom is 0.220 e. The smallest absolute Gasteiger partial charge is 0.220 e. The lowest BCUT2D eigenvalue weighted by atomic mass is 9.97. The highest BCUT2D eigenvalue weighted by Crippen LogP contribution is 2.31. The summed E-state index contributed by atoms with van der Waals surface area (Å²) in [6.07, 6.45) is 74.3. The average molecular weight is 1410 g/mol. The molecule has 2 rings (SSSR count). The molecule has 0 bridgehead atoms. The Balaban J connectivity index is 1.57. The molecule has 0 aromatic rings. The van der Waals surface area contributed by atoms with Gasteiger partial charge in [-0.05, 0) is 44.9 Å². The van der Waals surface area contributed by atoms with Gasteiger partial charge in [-0.2, -0.15) is 0 Å². The van der Waals surface area contributed by atoms with E-state index in [0.29, 0.717) is 6.42 Å². The second-order valence-electron chi connectivity index (χ2n) is 30.7. The number of nitrogens with one attached hydrogen (secondary N) is 1. The number of aliphatic hydroxyl groups is 8. The molecule has 0 aliphatic carbocycles. The van der Waals surface area contributed by atoms with Crippen LogP contribution in [0.5, 0.6) is 0 Å². The Bertz CT molecular complexity index is 1760. The van der Waals surface area contributed by atoms with Crippen LogP contribution in [0.3, 0.4) is 0 Å². The lowest BCUT2D eigenvalue weighted by Crippen LogP contribution is -2.65. The Kier molecular flexibility index (Phi) is 65.7. The molecule has 2 saturated heterocycles. The fourth-order valence-corrected chi connectivity index (χ4v) is 14.6. The van der Waals surface area contributed by atoms with Gasteiger partial charge in [0.1, 0.15) is 48.8 Å². The number of hydrogen-bond donors (Lipinski definition) is 9. The minimum absolute atomic E-state index is 0.229. The molecule has 0 aromatic heterocycles. The van der Waals surface area contributed by atoms with Crippen molar-refractivity contribution in [3.63, 3.8) is 0 Å². The van der Waals surface area contributed by atoms with Gasteiger partial charge in [-0.1, -0.05) is 391 Å². The third-order valence-corrected chi connectivity index (χ3v) is 21.4. The zero-order valence-electron chi connectivity index (χ0n) is 64.5. The summed E-state index contributed by atoms with van der Waals surface area (Å²) in [5.74, 6) is -0.229. The predicted molar refractivity (Wildman–Crippen MR) is 411 cm³/mol. The standard InChI is InChI=1S/C85H163NO13/c1-3-5-7-9-11-13-15-17-19-21-23-25-27-29-31-33-34-35-36-37-38-39-40-41-43-45-47-49-51-53-55-57-59-61-63-65-67-69-77(90)86-73(72-96-84-82(95)80(93)83(76(71-88)98-84)99-85-81(94)79(92)78(91)75(70-87)97-85)74(89)68-66-64-62-60-58-56-54-52-50-48-46-44-42-32-30-28-26-24-22-20-18-16-14-12-10-8-6-4-2/h21,23,66,68,73-76,78-85,87-89,91-95H,3-20,22,24-65,67,69-72H2,1-2H3,(H,86,90)/b23-21-,68-66+. The molecule has 1 amide bonds. The quantitative estimate of drug-likeness (QED) is 0.0204. The predicted octanol–water partition coefficient (Wildman–Crippen LogP) is 20.2. The molecule has 0 spiro atoms. The summed E-state index contributed by atoms with van der Waals surface area (Å²) in [6.45, 7) is 2.88. The van der Waals surface area contributed by atoms with Crippen molar-refractivity contribution in [2.24, 2.45) is 0 Å². The number of carbonyl (C=O) groups excluding carboxylic acids is 1. The fourth-order valence-electron chi connectivity index (χ4n) is 14.6. The first-order valence-corrected chi connectivity index (χ1v) is 43.1. The summed E-state index contributed by atoms with van der Waals surface area (Å²) in [6, 6.07) is -0.914. The topological polar surface area (TPSA) is 228 Å². The molecular weight excluding hydrogens is 1240 g/mol. The van der Waals surface area contributed by atoms with E-state index in [0.717, 1.165) is 38.5 Å². The molecule has 2 aliphatic heterocycles. The summed E-state index contributed by atoms with van der Waals surface area (Å²) in [5.41, 5.74) is 0. The monoisotopic (exact) mass is 1410 g/mol. The van der Waals surface area contributed by atoms with Gasteiger partial charge in [-0.15, -0.1) is 0 Å². The first kappa shape index (κ1) is 93.6. The molecule has 2 heterocycles. The molecule has 586 valence electrons. The molecule has 0 radical (unpaired) electrons. The lowest BCUT2D eigenvalue weighted by molar-refractivity contribution is -0.359. The highest BCUT2D eigenvalue weighted by Gasteiger charge is 2.51. The van der Waals surface area contributed by atoms with Crippen LogP contribution in [-0.4, -0.2) is 140 Å². The first-order chi connectivity index (χ1) is 48.6. The van der Waals surface area contributed by atoms with Crippen LogP contribution < -0.4 is 5.32 Å². The van der Waals surface area contributed by atoms with Crippen LogP contribution in [0, 0.1) is 0 Å². The van der Waals surface area contributed by atoms with Gasteiger partial charge >= 0.3 is 0 Å². The lowest BCUT2D eigenvalue weighted by Gasteiger charge is -2.46. The molecule has 9 N–H and O–H groups in total. The summed E-state index contributed by atoms with van der Waals surface area (Å²) >= 11 is 0. The number of carbonyl (C=O) groups is 1. The Morgan fingerprint density at radius 3 is 0.960 bits per heavy atom. The highest BCUT2D eigenvalue weighted by molar-refractivity contribution is 5.76. The summed E-state index contributed by atoms with van der Waals surface area (Å²) < 4.78 is 23.0. The minimum atomic E-state index is -1.79. The van der Waals surface area contributed by atoms with E-state index in [1.165, 1.54) is 353 Å². The number of amides is 1. The van der Waals surface area contributed by atoms with E-state index in [-0.39, 0.29) is 18.9 Å². The van der Waals surface area contributed by atoms with Crippen molar-refractivity contribution in [1.29, 1.82) is 0 Å². The largest absolute Gasteiger partial charge is 0.394 e. The van der Waals surface area contributed by atoms with Gasteiger partial charge in [-0.3, -0.25) is 4.79 Å². The Morgan fingerprint density at radius 2 is 0.636 bits per heavy atom. The van der Waals surface area contributed by atoms with Gasteiger partial charge in [0.25, 0.3) is 0 Å². The molecule has 12 unspecified atom stereocenters. The van der Waals surface area contributed by atoms with Crippen molar-refractivity contribution in [2.75, 3.05) is 19.8 Å². The van der Waals surface area contributed by atoms with E-state index >= 15 is 0 Å². The zero-order valence-corrected chi connectivity index (χ0v) is 64.5. The maximum absolute atomic E-state index is 13.4. The average Bonchev–Trinajstić information content (AvgIpc) is 0.793. The van der Waals surface area contributed by atoms with E-state index in [9.17, 15) is 45.6 Å². The van der Waals surface area contributed by atoms with Gasteiger partial charge in [0.2, 0.25) is 5.91 Å². The number of unbranched alkanes of at least 4 members (excludes halogenated alkanes) is 59. The molecule has 2 fully saturated rings.